The minimum absolute atomic E-state index is 0.253. The number of carbonyl (C=O) groups is 1. The van der Waals surface area contributed by atoms with Gasteiger partial charge in [0.1, 0.15) is 5.75 Å². The van der Waals surface area contributed by atoms with Crippen LogP contribution in [0.1, 0.15) is 12.5 Å². The first-order valence-electron chi connectivity index (χ1n) is 6.55. The second kappa shape index (κ2) is 7.36. The van der Waals surface area contributed by atoms with Gasteiger partial charge in [0.2, 0.25) is 0 Å². The van der Waals surface area contributed by atoms with Gasteiger partial charge in [0.05, 0.1) is 5.02 Å². The number of anilines is 1. The molecule has 2 aromatic carbocycles. The fraction of sp³-hybridized carbons (Fsp3) is 0.188. The zero-order valence-corrected chi connectivity index (χ0v) is 15.1. The number of amides is 1. The summed E-state index contributed by atoms with van der Waals surface area (Å²) in [7, 11) is 0. The molecule has 0 aromatic heterocycles. The van der Waals surface area contributed by atoms with Gasteiger partial charge in [-0.2, -0.15) is 0 Å². The molecule has 1 atom stereocenters. The van der Waals surface area contributed by atoms with E-state index in [2.05, 4.69) is 21.2 Å². The molecule has 0 bridgehead atoms. The van der Waals surface area contributed by atoms with Gasteiger partial charge in [-0.25, -0.2) is 0 Å². The van der Waals surface area contributed by atoms with Crippen LogP contribution >= 0.6 is 39.1 Å². The SMILES string of the molecule is Cc1cc(Br)ccc1NC(=O)C(C)Oc1ccc(Cl)cc1Cl. The van der Waals surface area contributed by atoms with Crippen molar-refractivity contribution >= 4 is 50.7 Å². The maximum atomic E-state index is 12.2. The summed E-state index contributed by atoms with van der Waals surface area (Å²) in [4.78, 5) is 12.2. The molecule has 0 spiro atoms. The molecule has 0 radical (unpaired) electrons. The molecule has 116 valence electrons. The van der Waals surface area contributed by atoms with Crippen LogP contribution in [0.2, 0.25) is 10.0 Å². The highest BCUT2D eigenvalue weighted by atomic mass is 79.9. The van der Waals surface area contributed by atoms with E-state index in [1.807, 2.05) is 25.1 Å². The first-order chi connectivity index (χ1) is 10.4. The molecule has 0 aliphatic heterocycles. The molecule has 0 fully saturated rings. The zero-order chi connectivity index (χ0) is 16.3. The third kappa shape index (κ3) is 4.38. The van der Waals surface area contributed by atoms with Crippen LogP contribution in [0, 0.1) is 6.92 Å². The predicted octanol–water partition coefficient (Wildman–Crippen LogP) is 5.47. The van der Waals surface area contributed by atoms with Gasteiger partial charge in [0.15, 0.2) is 6.10 Å². The normalized spacial score (nSPS) is 11.9. The molecule has 1 N–H and O–H groups in total. The molecule has 6 heteroatoms. The van der Waals surface area contributed by atoms with Gasteiger partial charge in [0, 0.05) is 15.2 Å². The van der Waals surface area contributed by atoms with Crippen molar-refractivity contribution in [3.63, 3.8) is 0 Å². The van der Waals surface area contributed by atoms with Crippen LogP contribution in [0.3, 0.4) is 0 Å². The van der Waals surface area contributed by atoms with E-state index in [9.17, 15) is 4.79 Å². The van der Waals surface area contributed by atoms with Crippen LogP contribution in [-0.4, -0.2) is 12.0 Å². The highest BCUT2D eigenvalue weighted by Crippen LogP contribution is 2.28. The zero-order valence-electron chi connectivity index (χ0n) is 12.0. The lowest BCUT2D eigenvalue weighted by atomic mass is 10.2. The summed E-state index contributed by atoms with van der Waals surface area (Å²) < 4.78 is 6.54. The molecule has 0 saturated carbocycles. The Morgan fingerprint density at radius 2 is 1.95 bits per heavy atom. The van der Waals surface area contributed by atoms with E-state index in [1.165, 1.54) is 0 Å². The second-order valence-corrected chi connectivity index (χ2v) is 6.54. The topological polar surface area (TPSA) is 38.3 Å². The van der Waals surface area contributed by atoms with E-state index >= 15 is 0 Å². The second-order valence-electron chi connectivity index (χ2n) is 4.78. The molecule has 22 heavy (non-hydrogen) atoms. The Morgan fingerprint density at radius 1 is 1.23 bits per heavy atom. The largest absolute Gasteiger partial charge is 0.479 e. The predicted molar refractivity (Wildman–Crippen MR) is 94.1 cm³/mol. The highest BCUT2D eigenvalue weighted by Gasteiger charge is 2.17. The lowest BCUT2D eigenvalue weighted by molar-refractivity contribution is -0.122. The number of ether oxygens (including phenoxy) is 1. The summed E-state index contributed by atoms with van der Waals surface area (Å²) in [5, 5.41) is 3.72. The number of aryl methyl sites for hydroxylation is 1. The van der Waals surface area contributed by atoms with Crippen molar-refractivity contribution in [3.8, 4) is 5.75 Å². The summed E-state index contributed by atoms with van der Waals surface area (Å²) in [6.45, 7) is 3.58. The molecule has 1 unspecified atom stereocenters. The molecule has 1 amide bonds. The standard InChI is InChI=1S/C16H14BrCl2NO2/c1-9-7-11(17)3-5-14(9)20-16(21)10(2)22-15-6-4-12(18)8-13(15)19/h3-8,10H,1-2H3,(H,20,21). The van der Waals surface area contributed by atoms with Gasteiger partial charge >= 0.3 is 0 Å². The third-order valence-electron chi connectivity index (χ3n) is 3.01. The van der Waals surface area contributed by atoms with Crippen LogP contribution in [0.25, 0.3) is 0 Å². The van der Waals surface area contributed by atoms with Gasteiger partial charge in [-0.1, -0.05) is 39.1 Å². The summed E-state index contributed by atoms with van der Waals surface area (Å²) in [6, 6.07) is 10.5. The summed E-state index contributed by atoms with van der Waals surface area (Å²) in [6.07, 6.45) is -0.693. The van der Waals surface area contributed by atoms with E-state index in [-0.39, 0.29) is 5.91 Å². The summed E-state index contributed by atoms with van der Waals surface area (Å²) in [5.41, 5.74) is 1.70. The Balaban J connectivity index is 2.05. The van der Waals surface area contributed by atoms with Crippen molar-refractivity contribution in [2.75, 3.05) is 5.32 Å². The summed E-state index contributed by atoms with van der Waals surface area (Å²) in [5.74, 6) is 0.165. The Labute approximate surface area is 147 Å². The Kier molecular flexibility index (Phi) is 5.73. The van der Waals surface area contributed by atoms with Gasteiger partial charge in [-0.05, 0) is 55.8 Å². The third-order valence-corrected chi connectivity index (χ3v) is 4.04. The average molecular weight is 403 g/mol. The molecule has 0 aliphatic carbocycles. The van der Waals surface area contributed by atoms with Crippen molar-refractivity contribution in [3.05, 3.63) is 56.5 Å². The summed E-state index contributed by atoms with van der Waals surface area (Å²) >= 11 is 15.3. The number of hydrogen-bond acceptors (Lipinski definition) is 2. The minimum Gasteiger partial charge on any atom is -0.479 e. The molecule has 2 aromatic rings. The highest BCUT2D eigenvalue weighted by molar-refractivity contribution is 9.10. The van der Waals surface area contributed by atoms with E-state index in [4.69, 9.17) is 27.9 Å². The lowest BCUT2D eigenvalue weighted by Gasteiger charge is -2.16. The molecular formula is C16H14BrCl2NO2. The fourth-order valence-corrected chi connectivity index (χ4v) is 2.75. The van der Waals surface area contributed by atoms with Gasteiger partial charge < -0.3 is 10.1 Å². The Morgan fingerprint density at radius 3 is 2.59 bits per heavy atom. The van der Waals surface area contributed by atoms with E-state index in [0.717, 1.165) is 15.7 Å². The monoisotopic (exact) mass is 401 g/mol. The van der Waals surface area contributed by atoms with Gasteiger partial charge in [-0.15, -0.1) is 0 Å². The first-order valence-corrected chi connectivity index (χ1v) is 8.10. The van der Waals surface area contributed by atoms with E-state index in [1.54, 1.807) is 25.1 Å². The van der Waals surface area contributed by atoms with Crippen molar-refractivity contribution in [1.29, 1.82) is 0 Å². The van der Waals surface area contributed by atoms with Crippen molar-refractivity contribution < 1.29 is 9.53 Å². The van der Waals surface area contributed by atoms with Crippen molar-refractivity contribution in [2.45, 2.75) is 20.0 Å². The van der Waals surface area contributed by atoms with Gasteiger partial charge in [0.25, 0.3) is 5.91 Å². The van der Waals surface area contributed by atoms with E-state index < -0.39 is 6.10 Å². The number of rotatable bonds is 4. The van der Waals surface area contributed by atoms with Crippen LogP contribution in [-0.2, 0) is 4.79 Å². The maximum absolute atomic E-state index is 12.2. The fourth-order valence-electron chi connectivity index (χ4n) is 1.82. The molecule has 3 nitrogen and oxygen atoms in total. The lowest BCUT2D eigenvalue weighted by Crippen LogP contribution is -2.30. The van der Waals surface area contributed by atoms with Crippen LogP contribution in [0.15, 0.2) is 40.9 Å². The minimum atomic E-state index is -0.693. The van der Waals surface area contributed by atoms with Gasteiger partial charge in [-0.3, -0.25) is 4.79 Å². The molecule has 0 aliphatic rings. The smallest absolute Gasteiger partial charge is 0.265 e. The van der Waals surface area contributed by atoms with Crippen LogP contribution in [0.4, 0.5) is 5.69 Å². The number of benzene rings is 2. The van der Waals surface area contributed by atoms with Crippen LogP contribution in [0.5, 0.6) is 5.75 Å². The molecule has 0 saturated heterocycles. The first kappa shape index (κ1) is 17.1. The van der Waals surface area contributed by atoms with Crippen molar-refractivity contribution in [1.82, 2.24) is 0 Å². The Bertz CT molecular complexity index is 707. The Hall–Kier alpha value is -1.23. The molecule has 0 heterocycles. The number of hydrogen-bond donors (Lipinski definition) is 1. The van der Waals surface area contributed by atoms with Crippen LogP contribution < -0.4 is 10.1 Å². The maximum Gasteiger partial charge on any atom is 0.265 e. The average Bonchev–Trinajstić information content (AvgIpc) is 2.44. The van der Waals surface area contributed by atoms with Crippen molar-refractivity contribution in [2.24, 2.45) is 0 Å². The number of carbonyl (C=O) groups excluding carboxylic acids is 1. The quantitative estimate of drug-likeness (QED) is 0.736. The number of nitrogens with one attached hydrogen (secondary N) is 1. The number of halogens is 3. The van der Waals surface area contributed by atoms with E-state index in [0.29, 0.717) is 15.8 Å². The molecular weight excluding hydrogens is 389 g/mol. The molecule has 2 rings (SSSR count).